The van der Waals surface area contributed by atoms with Crippen molar-refractivity contribution in [2.45, 2.75) is 71.3 Å². The van der Waals surface area contributed by atoms with Crippen LogP contribution in [0.25, 0.3) is 0 Å². The lowest BCUT2D eigenvalue weighted by Gasteiger charge is -2.39. The van der Waals surface area contributed by atoms with Crippen LogP contribution in [0.15, 0.2) is 0 Å². The first-order valence-corrected chi connectivity index (χ1v) is 7.61. The van der Waals surface area contributed by atoms with E-state index in [2.05, 4.69) is 31.0 Å². The van der Waals surface area contributed by atoms with Gasteiger partial charge in [-0.25, -0.2) is 0 Å². The molecule has 102 valence electrons. The molecule has 1 N–H and O–H groups in total. The third kappa shape index (κ3) is 7.05. The van der Waals surface area contributed by atoms with E-state index in [1.807, 2.05) is 0 Å². The molecule has 0 aliphatic carbocycles. The Hall–Kier alpha value is -0.0800. The highest BCUT2D eigenvalue weighted by Crippen LogP contribution is 2.12. The molecule has 2 nitrogen and oxygen atoms in total. The van der Waals surface area contributed by atoms with Crippen LogP contribution in [0.5, 0.6) is 0 Å². The smallest absolute Gasteiger partial charge is 0.0252 e. The number of hydrogen-bond donors (Lipinski definition) is 1. The van der Waals surface area contributed by atoms with Gasteiger partial charge in [-0.05, 0) is 26.8 Å². The van der Waals surface area contributed by atoms with Crippen LogP contribution in [0.3, 0.4) is 0 Å². The first-order valence-electron chi connectivity index (χ1n) is 7.61. The van der Waals surface area contributed by atoms with E-state index >= 15 is 0 Å². The largest absolute Gasteiger partial charge is 0.309 e. The number of hydrogen-bond acceptors (Lipinski definition) is 2. The number of nitrogens with zero attached hydrogens (tertiary/aromatic N) is 1. The normalized spacial score (nSPS) is 20.6. The highest BCUT2D eigenvalue weighted by Gasteiger charge is 2.24. The van der Waals surface area contributed by atoms with E-state index in [-0.39, 0.29) is 0 Å². The van der Waals surface area contributed by atoms with E-state index in [4.69, 9.17) is 0 Å². The highest BCUT2D eigenvalue weighted by atomic mass is 15.2. The Labute approximate surface area is 108 Å². The molecule has 2 heteroatoms. The van der Waals surface area contributed by atoms with Gasteiger partial charge in [0.1, 0.15) is 0 Å². The van der Waals surface area contributed by atoms with Crippen LogP contribution in [-0.4, -0.2) is 36.6 Å². The molecule has 17 heavy (non-hydrogen) atoms. The third-order valence-electron chi connectivity index (χ3n) is 3.73. The maximum absolute atomic E-state index is 3.57. The van der Waals surface area contributed by atoms with Crippen molar-refractivity contribution in [1.29, 1.82) is 0 Å². The van der Waals surface area contributed by atoms with E-state index in [0.29, 0.717) is 5.54 Å². The lowest BCUT2D eigenvalue weighted by molar-refractivity contribution is 0.152. The molecule has 0 aromatic rings. The summed E-state index contributed by atoms with van der Waals surface area (Å²) in [5.74, 6) is 0. The maximum Gasteiger partial charge on any atom is 0.0252 e. The Kier molecular flexibility index (Phi) is 7.14. The van der Waals surface area contributed by atoms with Gasteiger partial charge in [0, 0.05) is 25.2 Å². The minimum Gasteiger partial charge on any atom is -0.309 e. The second-order valence-electron chi connectivity index (χ2n) is 6.21. The van der Waals surface area contributed by atoms with Gasteiger partial charge in [0.15, 0.2) is 0 Å². The number of piperazine rings is 1. The lowest BCUT2D eigenvalue weighted by Crippen LogP contribution is -2.57. The molecule has 0 saturated carbocycles. The van der Waals surface area contributed by atoms with E-state index < -0.39 is 0 Å². The molecule has 1 saturated heterocycles. The monoisotopic (exact) mass is 240 g/mol. The molecule has 0 atom stereocenters. The molecule has 1 heterocycles. The predicted molar refractivity (Wildman–Crippen MR) is 76.5 cm³/mol. The SMILES string of the molecule is CCCCCCCCCN1CCNC(C)(C)C1. The fourth-order valence-electron chi connectivity index (χ4n) is 2.73. The predicted octanol–water partition coefficient (Wildman–Crippen LogP) is 3.42. The Morgan fingerprint density at radius 2 is 1.65 bits per heavy atom. The van der Waals surface area contributed by atoms with E-state index in [1.165, 1.54) is 64.6 Å². The summed E-state index contributed by atoms with van der Waals surface area (Å²) >= 11 is 0. The number of unbranched alkanes of at least 4 members (excludes halogenated alkanes) is 6. The quantitative estimate of drug-likeness (QED) is 0.654. The summed E-state index contributed by atoms with van der Waals surface area (Å²) < 4.78 is 0. The maximum atomic E-state index is 3.57. The fraction of sp³-hybridized carbons (Fsp3) is 1.00. The molecule has 0 unspecified atom stereocenters. The third-order valence-corrected chi connectivity index (χ3v) is 3.73. The molecule has 1 rings (SSSR count). The Morgan fingerprint density at radius 1 is 1.00 bits per heavy atom. The van der Waals surface area contributed by atoms with Crippen molar-refractivity contribution < 1.29 is 0 Å². The van der Waals surface area contributed by atoms with Crippen molar-refractivity contribution in [3.8, 4) is 0 Å². The van der Waals surface area contributed by atoms with Crippen molar-refractivity contribution in [3.63, 3.8) is 0 Å². The minimum atomic E-state index is 0.319. The molecule has 0 radical (unpaired) electrons. The van der Waals surface area contributed by atoms with Crippen LogP contribution >= 0.6 is 0 Å². The van der Waals surface area contributed by atoms with Crippen LogP contribution in [-0.2, 0) is 0 Å². The molecule has 0 spiro atoms. The van der Waals surface area contributed by atoms with Crippen LogP contribution < -0.4 is 5.32 Å². The molecule has 1 aliphatic rings. The molecule has 0 aromatic heterocycles. The van der Waals surface area contributed by atoms with E-state index in [1.54, 1.807) is 0 Å². The van der Waals surface area contributed by atoms with E-state index in [9.17, 15) is 0 Å². The van der Waals surface area contributed by atoms with Gasteiger partial charge in [0.2, 0.25) is 0 Å². The van der Waals surface area contributed by atoms with E-state index in [0.717, 1.165) is 6.54 Å². The van der Waals surface area contributed by atoms with Crippen LogP contribution in [0.2, 0.25) is 0 Å². The van der Waals surface area contributed by atoms with Gasteiger partial charge in [-0.15, -0.1) is 0 Å². The molecular weight excluding hydrogens is 208 g/mol. The summed E-state index contributed by atoms with van der Waals surface area (Å²) in [6.07, 6.45) is 9.92. The molecule has 0 amide bonds. The average Bonchev–Trinajstić information content (AvgIpc) is 2.27. The minimum absolute atomic E-state index is 0.319. The standard InChI is InChI=1S/C15H32N2/c1-4-5-6-7-8-9-10-12-17-13-11-16-15(2,3)14-17/h16H,4-14H2,1-3H3. The van der Waals surface area contributed by atoms with Crippen molar-refractivity contribution in [2.75, 3.05) is 26.2 Å². The summed E-state index contributed by atoms with van der Waals surface area (Å²) in [6.45, 7) is 11.8. The van der Waals surface area contributed by atoms with Crippen LogP contribution in [0.1, 0.15) is 65.7 Å². The van der Waals surface area contributed by atoms with Gasteiger partial charge in [-0.3, -0.25) is 0 Å². The summed E-state index contributed by atoms with van der Waals surface area (Å²) in [5.41, 5.74) is 0.319. The van der Waals surface area contributed by atoms with Crippen molar-refractivity contribution >= 4 is 0 Å². The topological polar surface area (TPSA) is 15.3 Å². The van der Waals surface area contributed by atoms with Gasteiger partial charge in [-0.1, -0.05) is 45.4 Å². The first kappa shape index (κ1) is 15.0. The van der Waals surface area contributed by atoms with Crippen molar-refractivity contribution in [1.82, 2.24) is 10.2 Å². The molecular formula is C15H32N2. The Balaban J connectivity index is 1.95. The zero-order valence-electron chi connectivity index (χ0n) is 12.2. The highest BCUT2D eigenvalue weighted by molar-refractivity contribution is 4.86. The number of nitrogens with one attached hydrogen (secondary N) is 1. The lowest BCUT2D eigenvalue weighted by atomic mass is 10.0. The van der Waals surface area contributed by atoms with Crippen LogP contribution in [0.4, 0.5) is 0 Å². The second kappa shape index (κ2) is 8.10. The molecule has 1 fully saturated rings. The zero-order chi connectivity index (χ0) is 12.6. The zero-order valence-corrected chi connectivity index (χ0v) is 12.2. The summed E-state index contributed by atoms with van der Waals surface area (Å²) in [6, 6.07) is 0. The molecule has 0 aromatic carbocycles. The summed E-state index contributed by atoms with van der Waals surface area (Å²) in [7, 11) is 0. The van der Waals surface area contributed by atoms with Gasteiger partial charge in [-0.2, -0.15) is 0 Å². The van der Waals surface area contributed by atoms with Crippen molar-refractivity contribution in [2.24, 2.45) is 0 Å². The molecule has 0 bridgehead atoms. The van der Waals surface area contributed by atoms with Crippen LogP contribution in [0, 0.1) is 0 Å². The summed E-state index contributed by atoms with van der Waals surface area (Å²) in [4.78, 5) is 2.63. The van der Waals surface area contributed by atoms with Crippen molar-refractivity contribution in [3.05, 3.63) is 0 Å². The first-order chi connectivity index (χ1) is 8.14. The summed E-state index contributed by atoms with van der Waals surface area (Å²) in [5, 5.41) is 3.57. The van der Waals surface area contributed by atoms with Gasteiger partial charge < -0.3 is 10.2 Å². The number of rotatable bonds is 8. The Morgan fingerprint density at radius 3 is 2.29 bits per heavy atom. The van der Waals surface area contributed by atoms with Gasteiger partial charge in [0.25, 0.3) is 0 Å². The second-order valence-corrected chi connectivity index (χ2v) is 6.21. The van der Waals surface area contributed by atoms with Gasteiger partial charge in [0.05, 0.1) is 0 Å². The molecule has 1 aliphatic heterocycles. The fourth-order valence-corrected chi connectivity index (χ4v) is 2.73. The Bertz CT molecular complexity index is 189. The van der Waals surface area contributed by atoms with Gasteiger partial charge >= 0.3 is 0 Å². The average molecular weight is 240 g/mol.